The minimum atomic E-state index is -0.320. The van der Waals surface area contributed by atoms with Gasteiger partial charge in [-0.1, -0.05) is 5.16 Å². The molecule has 0 saturated carbocycles. The summed E-state index contributed by atoms with van der Waals surface area (Å²) in [6.07, 6.45) is 2.02. The first kappa shape index (κ1) is 24.4. The van der Waals surface area contributed by atoms with Gasteiger partial charge in [0.1, 0.15) is 11.6 Å². The van der Waals surface area contributed by atoms with E-state index in [1.807, 2.05) is 31.2 Å². The van der Waals surface area contributed by atoms with E-state index in [0.29, 0.717) is 37.0 Å². The highest BCUT2D eigenvalue weighted by Crippen LogP contribution is 2.28. The van der Waals surface area contributed by atoms with Crippen LogP contribution in [0.2, 0.25) is 0 Å². The predicted octanol–water partition coefficient (Wildman–Crippen LogP) is 4.40. The van der Waals surface area contributed by atoms with Crippen LogP contribution < -0.4 is 9.64 Å². The summed E-state index contributed by atoms with van der Waals surface area (Å²) in [6, 6.07) is 15.4. The molecule has 0 spiro atoms. The lowest BCUT2D eigenvalue weighted by Gasteiger charge is -2.32. The Hall–Kier alpha value is -3.77. The molecule has 1 atom stereocenters. The Bertz CT molecular complexity index is 1160. The number of ether oxygens (including phenoxy) is 1. The van der Waals surface area contributed by atoms with Crippen LogP contribution in [0.3, 0.4) is 0 Å². The molecule has 1 aromatic heterocycles. The Kier molecular flexibility index (Phi) is 8.06. The van der Waals surface area contributed by atoms with Crippen LogP contribution in [0, 0.1) is 17.1 Å². The molecule has 1 fully saturated rings. The zero-order chi connectivity index (χ0) is 24.6. The Morgan fingerprint density at radius 2 is 2.03 bits per heavy atom. The first-order valence-corrected chi connectivity index (χ1v) is 11.8. The molecule has 4 rings (SSSR count). The second-order valence-corrected chi connectivity index (χ2v) is 8.42. The number of rotatable bonds is 9. The number of piperidine rings is 1. The Labute approximate surface area is 203 Å². The van der Waals surface area contributed by atoms with Crippen molar-refractivity contribution in [3.63, 3.8) is 0 Å². The van der Waals surface area contributed by atoms with E-state index >= 15 is 0 Å². The second-order valence-electron chi connectivity index (χ2n) is 8.42. The normalized spacial score (nSPS) is 16.0. The number of likely N-dealkylation sites (tertiary alicyclic amines) is 1. The lowest BCUT2D eigenvalue weighted by molar-refractivity contribution is -0.120. The molecule has 8 nitrogen and oxygen atoms in total. The summed E-state index contributed by atoms with van der Waals surface area (Å²) < 4.78 is 24.2. The summed E-state index contributed by atoms with van der Waals surface area (Å²) in [6.45, 7) is 4.44. The maximum absolute atomic E-state index is 13.2. The fourth-order valence-corrected chi connectivity index (χ4v) is 4.24. The van der Waals surface area contributed by atoms with Crippen molar-refractivity contribution in [2.24, 2.45) is 0 Å². The monoisotopic (exact) mass is 477 g/mol. The van der Waals surface area contributed by atoms with Crippen LogP contribution in [0.4, 0.5) is 10.1 Å². The van der Waals surface area contributed by atoms with Crippen molar-refractivity contribution in [3.05, 3.63) is 60.2 Å². The largest absolute Gasteiger partial charge is 0.494 e. The molecule has 1 aliphatic rings. The number of hydrogen-bond acceptors (Lipinski definition) is 7. The van der Waals surface area contributed by atoms with E-state index in [0.717, 1.165) is 30.8 Å². The third-order valence-electron chi connectivity index (χ3n) is 5.97. The lowest BCUT2D eigenvalue weighted by atomic mass is 9.98. The van der Waals surface area contributed by atoms with Gasteiger partial charge in [-0.05, 0) is 74.8 Å². The van der Waals surface area contributed by atoms with E-state index in [1.165, 1.54) is 12.1 Å². The van der Waals surface area contributed by atoms with Gasteiger partial charge < -0.3 is 14.2 Å². The van der Waals surface area contributed by atoms with Gasteiger partial charge in [0.2, 0.25) is 17.6 Å². The molecule has 2 heterocycles. The number of carbonyl (C=O) groups is 1. The molecule has 1 amide bonds. The Morgan fingerprint density at radius 1 is 1.26 bits per heavy atom. The van der Waals surface area contributed by atoms with E-state index < -0.39 is 0 Å². The molecule has 3 aromatic rings. The minimum Gasteiger partial charge on any atom is -0.494 e. The highest BCUT2D eigenvalue weighted by atomic mass is 19.1. The van der Waals surface area contributed by atoms with Gasteiger partial charge in [-0.2, -0.15) is 10.2 Å². The first-order valence-electron chi connectivity index (χ1n) is 11.8. The van der Waals surface area contributed by atoms with Crippen LogP contribution in [-0.2, 0) is 4.79 Å². The Balaban J connectivity index is 1.41. The zero-order valence-corrected chi connectivity index (χ0v) is 19.7. The van der Waals surface area contributed by atoms with Crippen molar-refractivity contribution in [2.75, 3.05) is 37.7 Å². The summed E-state index contributed by atoms with van der Waals surface area (Å²) in [5.74, 6) is 1.31. The molecule has 1 saturated heterocycles. The van der Waals surface area contributed by atoms with Gasteiger partial charge in [0.05, 0.1) is 31.6 Å². The van der Waals surface area contributed by atoms with Crippen molar-refractivity contribution in [1.29, 1.82) is 5.26 Å². The summed E-state index contributed by atoms with van der Waals surface area (Å²) in [4.78, 5) is 21.5. The second kappa shape index (κ2) is 11.6. The third-order valence-corrected chi connectivity index (χ3v) is 5.97. The molecular weight excluding hydrogens is 449 g/mol. The predicted molar refractivity (Wildman–Crippen MR) is 128 cm³/mol. The third kappa shape index (κ3) is 6.22. The fraction of sp³-hybridized carbons (Fsp3) is 0.385. The first-order chi connectivity index (χ1) is 17.1. The van der Waals surface area contributed by atoms with Crippen LogP contribution in [0.15, 0.2) is 53.1 Å². The van der Waals surface area contributed by atoms with Gasteiger partial charge in [-0.25, -0.2) is 4.39 Å². The average molecular weight is 478 g/mol. The van der Waals surface area contributed by atoms with E-state index in [-0.39, 0.29) is 30.6 Å². The van der Waals surface area contributed by atoms with E-state index in [2.05, 4.69) is 21.1 Å². The number of nitriles is 1. The smallest absolute Gasteiger partial charge is 0.241 e. The molecule has 9 heteroatoms. The fourth-order valence-electron chi connectivity index (χ4n) is 4.24. The maximum Gasteiger partial charge on any atom is 0.241 e. The van der Waals surface area contributed by atoms with Gasteiger partial charge in [0.15, 0.2) is 0 Å². The number of benzene rings is 2. The van der Waals surface area contributed by atoms with Gasteiger partial charge in [-0.3, -0.25) is 9.69 Å². The quantitative estimate of drug-likeness (QED) is 0.451. The standard InChI is InChI=1S/C26H28FN5O3/c1-2-34-23-12-10-22(11-13-23)32(16-4-14-28)24(33)18-31-15-3-5-20(17-31)26-29-25(30-35-26)19-6-8-21(27)9-7-19/h6-13,20H,2-5,15-18H2,1H3. The summed E-state index contributed by atoms with van der Waals surface area (Å²) in [5.41, 5.74) is 1.43. The molecule has 0 radical (unpaired) electrons. The topological polar surface area (TPSA) is 95.5 Å². The molecular formula is C26H28FN5O3. The SMILES string of the molecule is CCOc1ccc(N(CCC#N)C(=O)CN2CCCC(c3nc(-c4ccc(F)cc4)no3)C2)cc1. The van der Waals surface area contributed by atoms with Crippen LogP contribution in [0.25, 0.3) is 11.4 Å². The Morgan fingerprint density at radius 3 is 2.74 bits per heavy atom. The highest BCUT2D eigenvalue weighted by molar-refractivity contribution is 5.94. The van der Waals surface area contributed by atoms with Crippen LogP contribution in [0.5, 0.6) is 5.75 Å². The lowest BCUT2D eigenvalue weighted by Crippen LogP contribution is -2.44. The zero-order valence-electron chi connectivity index (χ0n) is 19.7. The number of halogens is 1. The van der Waals surface area contributed by atoms with Crippen molar-refractivity contribution in [2.45, 2.75) is 32.1 Å². The van der Waals surface area contributed by atoms with Gasteiger partial charge in [0, 0.05) is 24.3 Å². The van der Waals surface area contributed by atoms with Gasteiger partial charge in [-0.15, -0.1) is 0 Å². The molecule has 182 valence electrons. The van der Waals surface area contributed by atoms with E-state index in [1.54, 1.807) is 17.0 Å². The van der Waals surface area contributed by atoms with Crippen molar-refractivity contribution >= 4 is 11.6 Å². The summed E-state index contributed by atoms with van der Waals surface area (Å²) in [7, 11) is 0. The average Bonchev–Trinajstić information content (AvgIpc) is 3.36. The number of carbonyl (C=O) groups excluding carboxylic acids is 1. The molecule has 0 bridgehead atoms. The highest BCUT2D eigenvalue weighted by Gasteiger charge is 2.28. The van der Waals surface area contributed by atoms with Crippen molar-refractivity contribution < 1.29 is 18.4 Å². The van der Waals surface area contributed by atoms with Crippen LogP contribution in [-0.4, -0.2) is 53.7 Å². The van der Waals surface area contributed by atoms with E-state index in [9.17, 15) is 9.18 Å². The van der Waals surface area contributed by atoms with Crippen molar-refractivity contribution in [1.82, 2.24) is 15.0 Å². The number of amides is 1. The molecule has 0 N–H and O–H groups in total. The molecule has 1 aliphatic heterocycles. The minimum absolute atomic E-state index is 0.0104. The van der Waals surface area contributed by atoms with Crippen LogP contribution in [0.1, 0.15) is 38.0 Å². The number of nitrogens with zero attached hydrogens (tertiary/aromatic N) is 5. The summed E-state index contributed by atoms with van der Waals surface area (Å²) >= 11 is 0. The molecule has 1 unspecified atom stereocenters. The van der Waals surface area contributed by atoms with Gasteiger partial charge in [0.25, 0.3) is 0 Å². The molecule has 2 aromatic carbocycles. The number of anilines is 1. The van der Waals surface area contributed by atoms with E-state index in [4.69, 9.17) is 14.5 Å². The molecule has 35 heavy (non-hydrogen) atoms. The van der Waals surface area contributed by atoms with Crippen molar-refractivity contribution in [3.8, 4) is 23.2 Å². The molecule has 0 aliphatic carbocycles. The number of hydrogen-bond donors (Lipinski definition) is 0. The summed E-state index contributed by atoms with van der Waals surface area (Å²) in [5, 5.41) is 13.1. The maximum atomic E-state index is 13.2. The number of aromatic nitrogens is 2. The van der Waals surface area contributed by atoms with Crippen LogP contribution >= 0.6 is 0 Å². The van der Waals surface area contributed by atoms with Gasteiger partial charge >= 0.3 is 0 Å².